The number of ether oxygens (including phenoxy) is 1. The van der Waals surface area contributed by atoms with E-state index in [0.29, 0.717) is 6.42 Å². The molecule has 4 N–H and O–H groups in total. The van der Waals surface area contributed by atoms with Crippen LogP contribution < -0.4 is 11.5 Å². The summed E-state index contributed by atoms with van der Waals surface area (Å²) in [7, 11) is 0. The highest BCUT2D eigenvalue weighted by molar-refractivity contribution is 5.69. The zero-order valence-corrected chi connectivity index (χ0v) is 15.4. The predicted molar refractivity (Wildman–Crippen MR) is 96.1 cm³/mol. The third-order valence-corrected chi connectivity index (χ3v) is 3.35. The van der Waals surface area contributed by atoms with Gasteiger partial charge in [0, 0.05) is 6.42 Å². The first-order valence-corrected chi connectivity index (χ1v) is 9.14. The summed E-state index contributed by atoms with van der Waals surface area (Å²) in [5.41, 5.74) is 8.50. The number of rotatable bonds is 13. The van der Waals surface area contributed by atoms with E-state index in [4.69, 9.17) is 9.53 Å². The number of primary amides is 2. The quantitative estimate of drug-likeness (QED) is 0.379. The summed E-state index contributed by atoms with van der Waals surface area (Å²) in [4.78, 5) is 20.3. The monoisotopic (exact) mass is 330 g/mol. The van der Waals surface area contributed by atoms with Crippen LogP contribution in [-0.2, 0) is 9.53 Å². The molecule has 0 aliphatic carbocycles. The summed E-state index contributed by atoms with van der Waals surface area (Å²) in [5, 5.41) is 0. The van der Waals surface area contributed by atoms with E-state index >= 15 is 0 Å². The number of esters is 1. The van der Waals surface area contributed by atoms with Crippen molar-refractivity contribution >= 4 is 12.0 Å². The van der Waals surface area contributed by atoms with Gasteiger partial charge in [0.2, 0.25) is 0 Å². The van der Waals surface area contributed by atoms with Crippen molar-refractivity contribution in [1.82, 2.24) is 0 Å². The molecule has 0 saturated carbocycles. The molecule has 0 aliphatic heterocycles. The first-order chi connectivity index (χ1) is 10.9. The molecular formula is C18H38N2O3. The zero-order chi connectivity index (χ0) is 17.9. The Morgan fingerprint density at radius 3 is 1.48 bits per heavy atom. The molecule has 0 rings (SSSR count). The number of hydrogen-bond donors (Lipinski definition) is 2. The van der Waals surface area contributed by atoms with Crippen molar-refractivity contribution < 1.29 is 14.3 Å². The summed E-state index contributed by atoms with van der Waals surface area (Å²) >= 11 is 0. The van der Waals surface area contributed by atoms with E-state index in [-0.39, 0.29) is 12.1 Å². The van der Waals surface area contributed by atoms with E-state index in [1.807, 2.05) is 13.8 Å². The number of unbranched alkanes of at least 4 members (excludes halogenated alkanes) is 10. The van der Waals surface area contributed by atoms with Gasteiger partial charge in [-0.25, -0.2) is 4.79 Å². The van der Waals surface area contributed by atoms with Gasteiger partial charge in [-0.2, -0.15) is 0 Å². The Hall–Kier alpha value is -1.26. The molecule has 0 spiro atoms. The molecule has 0 aromatic heterocycles. The molecule has 138 valence electrons. The first kappa shape index (κ1) is 24.0. The highest BCUT2D eigenvalue weighted by Gasteiger charge is 2.04. The summed E-state index contributed by atoms with van der Waals surface area (Å²) in [6.45, 7) is 6.06. The predicted octanol–water partition coefficient (Wildman–Crippen LogP) is 4.66. The Kier molecular flexibility index (Phi) is 19.6. The van der Waals surface area contributed by atoms with Crippen LogP contribution in [0.1, 0.15) is 97.8 Å². The molecule has 0 unspecified atom stereocenters. The fraction of sp³-hybridized carbons (Fsp3) is 0.889. The summed E-state index contributed by atoms with van der Waals surface area (Å²) < 4.78 is 5.10. The normalized spacial score (nSPS) is 10.1. The lowest BCUT2D eigenvalue weighted by Gasteiger charge is -2.07. The average molecular weight is 331 g/mol. The van der Waals surface area contributed by atoms with Crippen LogP contribution in [0.4, 0.5) is 4.79 Å². The van der Waals surface area contributed by atoms with Gasteiger partial charge < -0.3 is 16.2 Å². The van der Waals surface area contributed by atoms with Crippen molar-refractivity contribution in [2.45, 2.75) is 104 Å². The standard InChI is InChI=1S/C17H34O2.CH4N2O/c1-4-5-6-7-8-9-10-11-12-13-14-15-17(18)19-16(2)3;2-1(3)4/h16H,4-15H2,1-3H3;(H4,2,3,4). The van der Waals surface area contributed by atoms with Gasteiger partial charge in [0.05, 0.1) is 6.10 Å². The Morgan fingerprint density at radius 2 is 1.13 bits per heavy atom. The van der Waals surface area contributed by atoms with Gasteiger partial charge in [0.25, 0.3) is 0 Å². The van der Waals surface area contributed by atoms with Gasteiger partial charge in [-0.1, -0.05) is 71.1 Å². The minimum absolute atomic E-state index is 0.0280. The van der Waals surface area contributed by atoms with Crippen LogP contribution in [-0.4, -0.2) is 18.1 Å². The third-order valence-electron chi connectivity index (χ3n) is 3.35. The summed E-state index contributed by atoms with van der Waals surface area (Å²) in [6, 6.07) is -0.833. The SMILES string of the molecule is CCCCCCCCCCCCCC(=O)OC(C)C.NC(N)=O. The number of carbonyl (C=O) groups excluding carboxylic acids is 2. The van der Waals surface area contributed by atoms with E-state index in [2.05, 4.69) is 18.4 Å². The summed E-state index contributed by atoms with van der Waals surface area (Å²) in [5.74, 6) is -0.0362. The van der Waals surface area contributed by atoms with Gasteiger partial charge in [-0.3, -0.25) is 4.79 Å². The van der Waals surface area contributed by atoms with Gasteiger partial charge in [0.15, 0.2) is 0 Å². The third kappa shape index (κ3) is 29.4. The second-order valence-electron chi connectivity index (χ2n) is 6.23. The lowest BCUT2D eigenvalue weighted by Crippen LogP contribution is -2.18. The van der Waals surface area contributed by atoms with E-state index in [0.717, 1.165) is 6.42 Å². The van der Waals surface area contributed by atoms with E-state index < -0.39 is 6.03 Å². The molecule has 0 atom stereocenters. The van der Waals surface area contributed by atoms with Gasteiger partial charge in [0.1, 0.15) is 0 Å². The molecule has 23 heavy (non-hydrogen) atoms. The van der Waals surface area contributed by atoms with Crippen LogP contribution in [0.5, 0.6) is 0 Å². The van der Waals surface area contributed by atoms with Gasteiger partial charge in [-0.15, -0.1) is 0 Å². The molecule has 0 aromatic rings. The molecule has 0 saturated heterocycles. The summed E-state index contributed by atoms with van der Waals surface area (Å²) in [6.07, 6.45) is 15.1. The lowest BCUT2D eigenvalue weighted by atomic mass is 10.1. The van der Waals surface area contributed by atoms with Crippen LogP contribution in [0.25, 0.3) is 0 Å². The maximum Gasteiger partial charge on any atom is 0.309 e. The molecule has 5 heteroatoms. The number of nitrogens with two attached hydrogens (primary N) is 2. The van der Waals surface area contributed by atoms with Crippen LogP contribution in [0, 0.1) is 0 Å². The Labute approximate surface area is 142 Å². The topological polar surface area (TPSA) is 95.4 Å². The maximum atomic E-state index is 11.3. The molecule has 0 bridgehead atoms. The van der Waals surface area contributed by atoms with Crippen molar-refractivity contribution in [3.05, 3.63) is 0 Å². The van der Waals surface area contributed by atoms with E-state index in [1.54, 1.807) is 0 Å². The smallest absolute Gasteiger partial charge is 0.309 e. The van der Waals surface area contributed by atoms with E-state index in [9.17, 15) is 4.79 Å². The molecule has 0 radical (unpaired) electrons. The number of amides is 2. The van der Waals surface area contributed by atoms with Crippen LogP contribution in [0.2, 0.25) is 0 Å². The van der Waals surface area contributed by atoms with Crippen molar-refractivity contribution in [1.29, 1.82) is 0 Å². The number of hydrogen-bond acceptors (Lipinski definition) is 3. The Morgan fingerprint density at radius 1 is 0.783 bits per heavy atom. The molecule has 0 aliphatic rings. The fourth-order valence-corrected chi connectivity index (χ4v) is 2.26. The van der Waals surface area contributed by atoms with Gasteiger partial charge in [-0.05, 0) is 20.3 Å². The Balaban J connectivity index is 0. The molecule has 5 nitrogen and oxygen atoms in total. The molecule has 0 aromatic carbocycles. The highest BCUT2D eigenvalue weighted by Crippen LogP contribution is 2.12. The maximum absolute atomic E-state index is 11.3. The minimum atomic E-state index is -0.833. The minimum Gasteiger partial charge on any atom is -0.463 e. The van der Waals surface area contributed by atoms with E-state index in [1.165, 1.54) is 64.2 Å². The first-order valence-electron chi connectivity index (χ1n) is 9.14. The van der Waals surface area contributed by atoms with Crippen LogP contribution in [0.3, 0.4) is 0 Å². The second-order valence-corrected chi connectivity index (χ2v) is 6.23. The molecule has 2 amide bonds. The van der Waals surface area contributed by atoms with Crippen molar-refractivity contribution in [2.75, 3.05) is 0 Å². The van der Waals surface area contributed by atoms with Crippen molar-refractivity contribution in [3.8, 4) is 0 Å². The highest BCUT2D eigenvalue weighted by atomic mass is 16.5. The second kappa shape index (κ2) is 18.8. The fourth-order valence-electron chi connectivity index (χ4n) is 2.26. The number of carbonyl (C=O) groups is 2. The molecule has 0 heterocycles. The van der Waals surface area contributed by atoms with Gasteiger partial charge >= 0.3 is 12.0 Å². The Bertz CT molecular complexity index is 277. The molecule has 0 fully saturated rings. The number of urea groups is 1. The lowest BCUT2D eigenvalue weighted by molar-refractivity contribution is -0.147. The van der Waals surface area contributed by atoms with Crippen LogP contribution in [0.15, 0.2) is 0 Å². The van der Waals surface area contributed by atoms with Crippen molar-refractivity contribution in [2.24, 2.45) is 11.5 Å². The largest absolute Gasteiger partial charge is 0.463 e. The molecular weight excluding hydrogens is 292 g/mol. The average Bonchev–Trinajstić information content (AvgIpc) is 2.43. The van der Waals surface area contributed by atoms with Crippen molar-refractivity contribution in [3.63, 3.8) is 0 Å². The zero-order valence-electron chi connectivity index (χ0n) is 15.4. The van der Waals surface area contributed by atoms with Crippen LogP contribution >= 0.6 is 0 Å².